The SMILES string of the molecule is N#Cc1ccc(COCc2cccc(Br)c2)c(F)c1. The van der Waals surface area contributed by atoms with Crippen molar-refractivity contribution >= 4 is 15.9 Å². The molecule has 96 valence electrons. The lowest BCUT2D eigenvalue weighted by atomic mass is 10.1. The molecule has 0 spiro atoms. The van der Waals surface area contributed by atoms with Crippen LogP contribution in [-0.2, 0) is 18.0 Å². The fraction of sp³-hybridized carbons (Fsp3) is 0.133. The van der Waals surface area contributed by atoms with E-state index < -0.39 is 5.82 Å². The van der Waals surface area contributed by atoms with Gasteiger partial charge in [-0.3, -0.25) is 0 Å². The van der Waals surface area contributed by atoms with Crippen molar-refractivity contribution in [2.45, 2.75) is 13.2 Å². The number of nitriles is 1. The number of hydrogen-bond acceptors (Lipinski definition) is 2. The molecule has 2 aromatic rings. The Labute approximate surface area is 119 Å². The molecule has 0 saturated heterocycles. The highest BCUT2D eigenvalue weighted by Crippen LogP contribution is 2.15. The Kier molecular flexibility index (Phi) is 4.67. The van der Waals surface area contributed by atoms with Gasteiger partial charge in [-0.15, -0.1) is 0 Å². The molecule has 2 nitrogen and oxygen atoms in total. The molecule has 0 radical (unpaired) electrons. The Bertz CT molecular complexity index is 622. The molecule has 0 fully saturated rings. The van der Waals surface area contributed by atoms with E-state index in [9.17, 15) is 4.39 Å². The molecule has 4 heteroatoms. The van der Waals surface area contributed by atoms with Crippen LogP contribution in [0.2, 0.25) is 0 Å². The minimum absolute atomic E-state index is 0.185. The molecule has 0 bridgehead atoms. The quantitative estimate of drug-likeness (QED) is 0.847. The maximum atomic E-state index is 13.6. The average molecular weight is 320 g/mol. The van der Waals surface area contributed by atoms with Crippen LogP contribution in [0.5, 0.6) is 0 Å². The Morgan fingerprint density at radius 3 is 2.68 bits per heavy atom. The van der Waals surface area contributed by atoms with Crippen LogP contribution in [0.3, 0.4) is 0 Å². The second-order valence-corrected chi connectivity index (χ2v) is 4.96. The summed E-state index contributed by atoms with van der Waals surface area (Å²) in [7, 11) is 0. The van der Waals surface area contributed by atoms with Crippen LogP contribution in [0.25, 0.3) is 0 Å². The van der Waals surface area contributed by atoms with Gasteiger partial charge in [0.25, 0.3) is 0 Å². The second-order valence-electron chi connectivity index (χ2n) is 4.04. The van der Waals surface area contributed by atoms with E-state index in [4.69, 9.17) is 10.00 Å². The van der Waals surface area contributed by atoms with Gasteiger partial charge in [0.2, 0.25) is 0 Å². The van der Waals surface area contributed by atoms with Gasteiger partial charge >= 0.3 is 0 Å². The molecule has 0 N–H and O–H groups in total. The Morgan fingerprint density at radius 1 is 1.16 bits per heavy atom. The summed E-state index contributed by atoms with van der Waals surface area (Å²) in [5.41, 5.74) is 1.78. The first-order valence-electron chi connectivity index (χ1n) is 5.70. The molecule has 2 aromatic carbocycles. The highest BCUT2D eigenvalue weighted by Gasteiger charge is 2.04. The summed E-state index contributed by atoms with van der Waals surface area (Å²) in [5, 5.41) is 8.65. The van der Waals surface area contributed by atoms with E-state index in [-0.39, 0.29) is 6.61 Å². The fourth-order valence-electron chi connectivity index (χ4n) is 1.64. The molecular formula is C15H11BrFNO. The van der Waals surface area contributed by atoms with Gasteiger partial charge in [0.15, 0.2) is 0 Å². The van der Waals surface area contributed by atoms with Gasteiger partial charge in [-0.25, -0.2) is 4.39 Å². The predicted octanol–water partition coefficient (Wildman–Crippen LogP) is 4.18. The molecule has 19 heavy (non-hydrogen) atoms. The van der Waals surface area contributed by atoms with E-state index in [1.165, 1.54) is 6.07 Å². The van der Waals surface area contributed by atoms with Gasteiger partial charge in [0.05, 0.1) is 24.8 Å². The minimum atomic E-state index is -0.409. The summed E-state index contributed by atoms with van der Waals surface area (Å²) >= 11 is 3.38. The van der Waals surface area contributed by atoms with E-state index in [0.717, 1.165) is 10.0 Å². The van der Waals surface area contributed by atoms with E-state index in [0.29, 0.717) is 17.7 Å². The van der Waals surface area contributed by atoms with E-state index in [1.807, 2.05) is 30.3 Å². The summed E-state index contributed by atoms with van der Waals surface area (Å²) in [5.74, 6) is -0.409. The largest absolute Gasteiger partial charge is 0.372 e. The van der Waals surface area contributed by atoms with Crippen LogP contribution in [0, 0.1) is 17.1 Å². The van der Waals surface area contributed by atoms with Gasteiger partial charge in [0, 0.05) is 10.0 Å². The first-order chi connectivity index (χ1) is 9.19. The number of ether oxygens (including phenoxy) is 1. The van der Waals surface area contributed by atoms with Crippen LogP contribution in [0.15, 0.2) is 46.9 Å². The van der Waals surface area contributed by atoms with Gasteiger partial charge in [-0.1, -0.05) is 34.1 Å². The first kappa shape index (κ1) is 13.7. The molecule has 0 aliphatic rings. The molecule has 0 atom stereocenters. The van der Waals surface area contributed by atoms with Crippen molar-refractivity contribution in [2.75, 3.05) is 0 Å². The minimum Gasteiger partial charge on any atom is -0.372 e. The number of benzene rings is 2. The smallest absolute Gasteiger partial charge is 0.130 e. The second kappa shape index (κ2) is 6.46. The number of nitrogens with zero attached hydrogens (tertiary/aromatic N) is 1. The van der Waals surface area contributed by atoms with Gasteiger partial charge in [-0.2, -0.15) is 5.26 Å². The van der Waals surface area contributed by atoms with Crippen molar-refractivity contribution in [1.82, 2.24) is 0 Å². The van der Waals surface area contributed by atoms with Crippen molar-refractivity contribution in [3.05, 3.63) is 69.4 Å². The van der Waals surface area contributed by atoms with E-state index in [1.54, 1.807) is 12.1 Å². The molecule has 0 aliphatic carbocycles. The number of halogens is 2. The zero-order valence-corrected chi connectivity index (χ0v) is 11.7. The standard InChI is InChI=1S/C15H11BrFNO/c16-14-3-1-2-12(6-14)9-19-10-13-5-4-11(8-18)7-15(13)17/h1-7H,9-10H2. The van der Waals surface area contributed by atoms with Crippen LogP contribution < -0.4 is 0 Å². The van der Waals surface area contributed by atoms with Crippen LogP contribution >= 0.6 is 15.9 Å². The monoisotopic (exact) mass is 319 g/mol. The van der Waals surface area contributed by atoms with Crippen molar-refractivity contribution in [2.24, 2.45) is 0 Å². The highest BCUT2D eigenvalue weighted by molar-refractivity contribution is 9.10. The van der Waals surface area contributed by atoms with Gasteiger partial charge < -0.3 is 4.74 Å². The fourth-order valence-corrected chi connectivity index (χ4v) is 2.09. The highest BCUT2D eigenvalue weighted by atomic mass is 79.9. The Morgan fingerprint density at radius 2 is 2.00 bits per heavy atom. The maximum absolute atomic E-state index is 13.6. The van der Waals surface area contributed by atoms with Crippen LogP contribution in [0.1, 0.15) is 16.7 Å². The number of rotatable bonds is 4. The van der Waals surface area contributed by atoms with Gasteiger partial charge in [0.1, 0.15) is 5.82 Å². The lowest BCUT2D eigenvalue weighted by Gasteiger charge is -2.06. The molecule has 0 heterocycles. The zero-order chi connectivity index (χ0) is 13.7. The predicted molar refractivity (Wildman–Crippen MR) is 73.8 cm³/mol. The molecule has 0 unspecified atom stereocenters. The van der Waals surface area contributed by atoms with E-state index in [2.05, 4.69) is 15.9 Å². The summed E-state index contributed by atoms with van der Waals surface area (Å²) in [6.07, 6.45) is 0. The lowest BCUT2D eigenvalue weighted by molar-refractivity contribution is 0.105. The molecule has 0 saturated carbocycles. The average Bonchev–Trinajstić information content (AvgIpc) is 2.40. The summed E-state index contributed by atoms with van der Waals surface area (Å²) in [6, 6.07) is 14.0. The van der Waals surface area contributed by atoms with Crippen LogP contribution in [0.4, 0.5) is 4.39 Å². The van der Waals surface area contributed by atoms with Crippen LogP contribution in [-0.4, -0.2) is 0 Å². The molecule has 0 amide bonds. The third kappa shape index (κ3) is 3.88. The Balaban J connectivity index is 1.94. The van der Waals surface area contributed by atoms with Crippen molar-refractivity contribution in [3.63, 3.8) is 0 Å². The summed E-state index contributed by atoms with van der Waals surface area (Å²) < 4.78 is 20.0. The molecule has 2 rings (SSSR count). The van der Waals surface area contributed by atoms with Gasteiger partial charge in [-0.05, 0) is 29.8 Å². The third-order valence-corrected chi connectivity index (χ3v) is 3.09. The van der Waals surface area contributed by atoms with Crippen molar-refractivity contribution in [3.8, 4) is 6.07 Å². The van der Waals surface area contributed by atoms with E-state index >= 15 is 0 Å². The normalized spacial score (nSPS) is 10.2. The summed E-state index contributed by atoms with van der Waals surface area (Å²) in [4.78, 5) is 0. The third-order valence-electron chi connectivity index (χ3n) is 2.60. The molecule has 0 aromatic heterocycles. The zero-order valence-electron chi connectivity index (χ0n) is 10.1. The Hall–Kier alpha value is -1.70. The number of hydrogen-bond donors (Lipinski definition) is 0. The first-order valence-corrected chi connectivity index (χ1v) is 6.49. The molecular weight excluding hydrogens is 309 g/mol. The maximum Gasteiger partial charge on any atom is 0.130 e. The topological polar surface area (TPSA) is 33.0 Å². The van der Waals surface area contributed by atoms with Crippen molar-refractivity contribution in [1.29, 1.82) is 5.26 Å². The lowest BCUT2D eigenvalue weighted by Crippen LogP contribution is -1.97. The van der Waals surface area contributed by atoms with Crippen molar-refractivity contribution < 1.29 is 9.13 Å². The molecule has 0 aliphatic heterocycles. The summed E-state index contributed by atoms with van der Waals surface area (Å²) in [6.45, 7) is 0.600.